The molecular formula is C7H12O5. The van der Waals surface area contributed by atoms with E-state index in [-0.39, 0.29) is 6.61 Å². The van der Waals surface area contributed by atoms with Crippen LogP contribution in [0.4, 0.5) is 0 Å². The van der Waals surface area contributed by atoms with Gasteiger partial charge in [-0.3, -0.25) is 4.89 Å². The SMILES string of the molecule is CC=CC(=O)OOCC(O)CO. The van der Waals surface area contributed by atoms with Crippen molar-refractivity contribution in [3.05, 3.63) is 12.2 Å². The maximum Gasteiger partial charge on any atom is 0.365 e. The molecule has 0 heterocycles. The lowest BCUT2D eigenvalue weighted by atomic mass is 10.4. The fourth-order valence-electron chi connectivity index (χ4n) is 0.387. The highest BCUT2D eigenvalue weighted by Gasteiger charge is 2.03. The lowest BCUT2D eigenvalue weighted by molar-refractivity contribution is -0.278. The summed E-state index contributed by atoms with van der Waals surface area (Å²) in [6, 6.07) is 0. The van der Waals surface area contributed by atoms with Crippen LogP contribution in [-0.2, 0) is 14.6 Å². The third-order valence-electron chi connectivity index (χ3n) is 0.915. The van der Waals surface area contributed by atoms with Gasteiger partial charge in [-0.05, 0) is 6.92 Å². The monoisotopic (exact) mass is 176 g/mol. The maximum absolute atomic E-state index is 10.5. The minimum absolute atomic E-state index is 0.236. The number of carbonyl (C=O) groups is 1. The second kappa shape index (κ2) is 6.78. The lowest BCUT2D eigenvalue weighted by Crippen LogP contribution is -2.20. The average molecular weight is 176 g/mol. The fourth-order valence-corrected chi connectivity index (χ4v) is 0.387. The fraction of sp³-hybridized carbons (Fsp3) is 0.571. The first-order valence-corrected chi connectivity index (χ1v) is 3.45. The summed E-state index contributed by atoms with van der Waals surface area (Å²) in [5.74, 6) is -0.650. The van der Waals surface area contributed by atoms with E-state index >= 15 is 0 Å². The lowest BCUT2D eigenvalue weighted by Gasteiger charge is -2.04. The number of rotatable bonds is 5. The number of allylic oxidation sites excluding steroid dienone is 1. The second-order valence-electron chi connectivity index (χ2n) is 2.02. The minimum Gasteiger partial charge on any atom is -0.394 e. The molecule has 0 saturated heterocycles. The highest BCUT2D eigenvalue weighted by atomic mass is 17.2. The Morgan fingerprint density at radius 3 is 2.83 bits per heavy atom. The summed E-state index contributed by atoms with van der Waals surface area (Å²) >= 11 is 0. The molecule has 0 aromatic heterocycles. The van der Waals surface area contributed by atoms with Gasteiger partial charge in [-0.1, -0.05) is 6.08 Å². The van der Waals surface area contributed by atoms with Gasteiger partial charge in [-0.15, -0.1) is 0 Å². The number of aliphatic hydroxyl groups is 2. The van der Waals surface area contributed by atoms with E-state index in [1.165, 1.54) is 12.2 Å². The molecule has 12 heavy (non-hydrogen) atoms. The molecule has 0 bridgehead atoms. The van der Waals surface area contributed by atoms with Crippen LogP contribution in [0.5, 0.6) is 0 Å². The van der Waals surface area contributed by atoms with E-state index in [4.69, 9.17) is 10.2 Å². The molecule has 1 atom stereocenters. The van der Waals surface area contributed by atoms with Gasteiger partial charge >= 0.3 is 5.97 Å². The average Bonchev–Trinajstić information content (AvgIpc) is 2.04. The van der Waals surface area contributed by atoms with E-state index < -0.39 is 18.7 Å². The minimum atomic E-state index is -1.02. The van der Waals surface area contributed by atoms with Crippen molar-refractivity contribution in [2.75, 3.05) is 13.2 Å². The molecule has 0 aromatic rings. The summed E-state index contributed by atoms with van der Waals surface area (Å²) in [5.41, 5.74) is 0. The summed E-state index contributed by atoms with van der Waals surface area (Å²) in [6.45, 7) is 0.991. The van der Waals surface area contributed by atoms with Gasteiger partial charge in [-0.25, -0.2) is 4.79 Å². The molecule has 0 aromatic carbocycles. The standard InChI is InChI=1S/C7H12O5/c1-2-3-7(10)12-11-5-6(9)4-8/h2-3,6,8-9H,4-5H2,1H3. The molecule has 70 valence electrons. The van der Waals surface area contributed by atoms with Crippen molar-refractivity contribution in [3.63, 3.8) is 0 Å². The van der Waals surface area contributed by atoms with Crippen LogP contribution in [0.2, 0.25) is 0 Å². The van der Waals surface area contributed by atoms with Gasteiger partial charge in [0.25, 0.3) is 0 Å². The number of carbonyl (C=O) groups excluding carboxylic acids is 1. The Labute approximate surface area is 70.1 Å². The quantitative estimate of drug-likeness (QED) is 0.332. The van der Waals surface area contributed by atoms with Crippen molar-refractivity contribution in [1.29, 1.82) is 0 Å². The normalized spacial score (nSPS) is 13.2. The highest BCUT2D eigenvalue weighted by molar-refractivity contribution is 5.81. The highest BCUT2D eigenvalue weighted by Crippen LogP contribution is 1.87. The first-order chi connectivity index (χ1) is 5.70. The van der Waals surface area contributed by atoms with Gasteiger partial charge in [0, 0.05) is 6.08 Å². The van der Waals surface area contributed by atoms with Gasteiger partial charge in [0.1, 0.15) is 12.7 Å². The third-order valence-corrected chi connectivity index (χ3v) is 0.915. The Morgan fingerprint density at radius 1 is 1.67 bits per heavy atom. The molecule has 0 aliphatic heterocycles. The van der Waals surface area contributed by atoms with Crippen LogP contribution in [-0.4, -0.2) is 35.5 Å². The molecule has 0 aliphatic rings. The summed E-state index contributed by atoms with van der Waals surface area (Å²) in [7, 11) is 0. The van der Waals surface area contributed by atoms with Gasteiger partial charge in [0.05, 0.1) is 6.61 Å². The number of hydrogen-bond donors (Lipinski definition) is 2. The molecule has 0 saturated carbocycles. The summed E-state index contributed by atoms with van der Waals surface area (Å²) in [4.78, 5) is 19.0. The van der Waals surface area contributed by atoms with Crippen LogP contribution in [0.15, 0.2) is 12.2 Å². The molecule has 0 fully saturated rings. The second-order valence-corrected chi connectivity index (χ2v) is 2.02. The predicted octanol–water partition coefficient (Wildman–Crippen LogP) is -0.610. The van der Waals surface area contributed by atoms with Crippen molar-refractivity contribution in [2.45, 2.75) is 13.0 Å². The Morgan fingerprint density at radius 2 is 2.33 bits per heavy atom. The van der Waals surface area contributed by atoms with Crippen molar-refractivity contribution in [3.8, 4) is 0 Å². The largest absolute Gasteiger partial charge is 0.394 e. The Hall–Kier alpha value is -0.910. The first-order valence-electron chi connectivity index (χ1n) is 3.45. The molecule has 1 unspecified atom stereocenters. The predicted molar refractivity (Wildman–Crippen MR) is 40.0 cm³/mol. The van der Waals surface area contributed by atoms with E-state index in [1.807, 2.05) is 0 Å². The van der Waals surface area contributed by atoms with Gasteiger partial charge in [0.15, 0.2) is 0 Å². The van der Waals surface area contributed by atoms with E-state index in [2.05, 4.69) is 9.78 Å². The summed E-state index contributed by atoms with van der Waals surface area (Å²) < 4.78 is 0. The molecule has 0 amide bonds. The molecule has 0 aliphatic carbocycles. The van der Waals surface area contributed by atoms with Crippen molar-refractivity contribution in [2.24, 2.45) is 0 Å². The van der Waals surface area contributed by atoms with Crippen molar-refractivity contribution in [1.82, 2.24) is 0 Å². The van der Waals surface area contributed by atoms with E-state index in [9.17, 15) is 4.79 Å². The first kappa shape index (κ1) is 11.1. The van der Waals surface area contributed by atoms with Crippen molar-refractivity contribution < 1.29 is 24.8 Å². The third kappa shape index (κ3) is 5.84. The zero-order valence-corrected chi connectivity index (χ0v) is 6.77. The smallest absolute Gasteiger partial charge is 0.365 e. The number of aliphatic hydroxyl groups excluding tert-OH is 2. The van der Waals surface area contributed by atoms with Crippen LogP contribution in [0, 0.1) is 0 Å². The van der Waals surface area contributed by atoms with Crippen LogP contribution in [0.25, 0.3) is 0 Å². The Bertz CT molecular complexity index is 154. The van der Waals surface area contributed by atoms with Gasteiger partial charge in [-0.2, -0.15) is 4.89 Å². The number of hydrogen-bond acceptors (Lipinski definition) is 5. The van der Waals surface area contributed by atoms with Crippen LogP contribution >= 0.6 is 0 Å². The zero-order chi connectivity index (χ0) is 9.40. The summed E-state index contributed by atoms with van der Waals surface area (Å²) in [5, 5.41) is 17.0. The van der Waals surface area contributed by atoms with Crippen LogP contribution < -0.4 is 0 Å². The zero-order valence-electron chi connectivity index (χ0n) is 6.77. The molecule has 0 rings (SSSR count). The van der Waals surface area contributed by atoms with E-state index in [0.29, 0.717) is 0 Å². The molecule has 0 spiro atoms. The van der Waals surface area contributed by atoms with E-state index in [1.54, 1.807) is 6.92 Å². The Balaban J connectivity index is 3.37. The van der Waals surface area contributed by atoms with E-state index in [0.717, 1.165) is 0 Å². The molecule has 0 radical (unpaired) electrons. The molecule has 5 nitrogen and oxygen atoms in total. The van der Waals surface area contributed by atoms with Gasteiger partial charge < -0.3 is 10.2 Å². The molecule has 2 N–H and O–H groups in total. The summed E-state index contributed by atoms with van der Waals surface area (Å²) in [6.07, 6.45) is 1.64. The topological polar surface area (TPSA) is 76.0 Å². The van der Waals surface area contributed by atoms with Gasteiger partial charge in [0.2, 0.25) is 0 Å². The maximum atomic E-state index is 10.5. The van der Waals surface area contributed by atoms with Crippen LogP contribution in [0.3, 0.4) is 0 Å². The Kier molecular flexibility index (Phi) is 6.26. The van der Waals surface area contributed by atoms with Crippen molar-refractivity contribution >= 4 is 5.97 Å². The van der Waals surface area contributed by atoms with Crippen LogP contribution in [0.1, 0.15) is 6.92 Å². The molecule has 5 heteroatoms. The molecular weight excluding hydrogens is 164 g/mol.